The van der Waals surface area contributed by atoms with Crippen molar-refractivity contribution in [3.63, 3.8) is 0 Å². The predicted molar refractivity (Wildman–Crippen MR) is 86.3 cm³/mol. The van der Waals surface area contributed by atoms with Crippen molar-refractivity contribution >= 4 is 21.3 Å². The molecule has 23 heavy (non-hydrogen) atoms. The number of sulfone groups is 1. The average Bonchev–Trinajstić information content (AvgIpc) is 3.08. The molecule has 0 radical (unpaired) electrons. The summed E-state index contributed by atoms with van der Waals surface area (Å²) in [5.74, 6) is -0.344. The molecule has 8 heteroatoms. The standard InChI is InChI=1S/C15H20N4O3S/c1-18-8-5-6-11(18)10-16-14(20)13-12-7-3-4-9-19(12)15(17-13)23(2,21)22/h3-4,7,9,11H,5-6,8,10H2,1-2H3,(H,16,20)/t11-/m0/s1. The molecule has 0 aromatic carbocycles. The number of hydrogen-bond acceptors (Lipinski definition) is 5. The molecule has 0 spiro atoms. The van der Waals surface area contributed by atoms with Crippen LogP contribution in [-0.2, 0) is 9.84 Å². The summed E-state index contributed by atoms with van der Waals surface area (Å²) in [6.45, 7) is 1.57. The van der Waals surface area contributed by atoms with E-state index in [1.54, 1.807) is 24.4 Å². The van der Waals surface area contributed by atoms with Gasteiger partial charge >= 0.3 is 0 Å². The Balaban J connectivity index is 1.89. The Labute approximate surface area is 135 Å². The van der Waals surface area contributed by atoms with E-state index in [-0.39, 0.29) is 16.8 Å². The van der Waals surface area contributed by atoms with Crippen molar-refractivity contribution in [3.8, 4) is 0 Å². The van der Waals surface area contributed by atoms with Gasteiger partial charge in [0, 0.05) is 25.0 Å². The van der Waals surface area contributed by atoms with Gasteiger partial charge in [0.15, 0.2) is 5.69 Å². The number of amides is 1. The number of hydrogen-bond donors (Lipinski definition) is 1. The van der Waals surface area contributed by atoms with Gasteiger partial charge in [-0.3, -0.25) is 9.20 Å². The molecule has 1 aliphatic heterocycles. The fourth-order valence-corrected chi connectivity index (χ4v) is 3.74. The number of rotatable bonds is 4. The molecule has 3 rings (SSSR count). The first kappa shape index (κ1) is 15.9. The normalized spacial score (nSPS) is 19.3. The Morgan fingerprint density at radius 1 is 1.43 bits per heavy atom. The number of likely N-dealkylation sites (N-methyl/N-ethyl adjacent to an activating group) is 1. The number of nitrogens with one attached hydrogen (secondary N) is 1. The van der Waals surface area contributed by atoms with Crippen LogP contribution in [0.4, 0.5) is 0 Å². The smallest absolute Gasteiger partial charge is 0.272 e. The van der Waals surface area contributed by atoms with Crippen LogP contribution in [0.3, 0.4) is 0 Å². The fraction of sp³-hybridized carbons (Fsp3) is 0.467. The molecule has 2 aromatic heterocycles. The van der Waals surface area contributed by atoms with E-state index in [9.17, 15) is 13.2 Å². The summed E-state index contributed by atoms with van der Waals surface area (Å²) < 4.78 is 25.2. The Morgan fingerprint density at radius 3 is 2.87 bits per heavy atom. The molecular formula is C15H20N4O3S. The number of imidazole rings is 1. The second kappa shape index (κ2) is 5.93. The van der Waals surface area contributed by atoms with Crippen molar-refractivity contribution in [3.05, 3.63) is 30.1 Å². The van der Waals surface area contributed by atoms with Crippen molar-refractivity contribution < 1.29 is 13.2 Å². The van der Waals surface area contributed by atoms with Crippen molar-refractivity contribution in [2.45, 2.75) is 24.0 Å². The zero-order valence-corrected chi connectivity index (χ0v) is 14.0. The molecule has 0 bridgehead atoms. The highest BCUT2D eigenvalue weighted by atomic mass is 32.2. The monoisotopic (exact) mass is 336 g/mol. The van der Waals surface area contributed by atoms with Crippen LogP contribution in [0.2, 0.25) is 0 Å². The maximum absolute atomic E-state index is 12.5. The zero-order chi connectivity index (χ0) is 16.6. The number of pyridine rings is 1. The first-order valence-corrected chi connectivity index (χ1v) is 9.42. The minimum absolute atomic E-state index is 0.115. The van der Waals surface area contributed by atoms with Gasteiger partial charge < -0.3 is 10.2 Å². The largest absolute Gasteiger partial charge is 0.349 e. The molecule has 1 atom stereocenters. The van der Waals surface area contributed by atoms with Crippen molar-refractivity contribution in [1.29, 1.82) is 0 Å². The number of aromatic nitrogens is 2. The first-order valence-electron chi connectivity index (χ1n) is 7.53. The first-order chi connectivity index (χ1) is 10.9. The second-order valence-electron chi connectivity index (χ2n) is 5.96. The number of nitrogens with zero attached hydrogens (tertiary/aromatic N) is 3. The molecule has 0 saturated carbocycles. The van der Waals surface area contributed by atoms with Crippen LogP contribution in [-0.4, -0.2) is 61.0 Å². The molecule has 1 saturated heterocycles. The van der Waals surface area contributed by atoms with E-state index >= 15 is 0 Å². The summed E-state index contributed by atoms with van der Waals surface area (Å²) in [5, 5.41) is 2.76. The van der Waals surface area contributed by atoms with Crippen LogP contribution in [0.15, 0.2) is 29.6 Å². The minimum Gasteiger partial charge on any atom is -0.349 e. The highest BCUT2D eigenvalue weighted by molar-refractivity contribution is 7.90. The fourth-order valence-electron chi connectivity index (χ4n) is 2.97. The Morgan fingerprint density at radius 2 is 2.22 bits per heavy atom. The topological polar surface area (TPSA) is 83.8 Å². The lowest BCUT2D eigenvalue weighted by atomic mass is 10.2. The highest BCUT2D eigenvalue weighted by Crippen LogP contribution is 2.18. The quantitative estimate of drug-likeness (QED) is 0.882. The van der Waals surface area contributed by atoms with Gasteiger partial charge in [-0.2, -0.15) is 0 Å². The van der Waals surface area contributed by atoms with Gasteiger partial charge in [-0.05, 0) is 38.6 Å². The Bertz CT molecular complexity index is 844. The molecule has 2 aromatic rings. The molecule has 3 heterocycles. The Kier molecular flexibility index (Phi) is 4.11. The molecule has 1 fully saturated rings. The SMILES string of the molecule is CN1CCC[C@H]1CNC(=O)c1nc(S(C)(=O)=O)n2ccccc12. The van der Waals surface area contributed by atoms with Gasteiger partial charge in [0.05, 0.1) is 5.52 Å². The molecule has 1 amide bonds. The third kappa shape index (κ3) is 3.09. The zero-order valence-electron chi connectivity index (χ0n) is 13.2. The van der Waals surface area contributed by atoms with Crippen molar-refractivity contribution in [2.75, 3.05) is 26.4 Å². The van der Waals surface area contributed by atoms with E-state index in [2.05, 4.69) is 15.2 Å². The maximum Gasteiger partial charge on any atom is 0.272 e. The van der Waals surface area contributed by atoms with Gasteiger partial charge in [-0.1, -0.05) is 6.07 Å². The molecular weight excluding hydrogens is 316 g/mol. The lowest BCUT2D eigenvalue weighted by Crippen LogP contribution is -2.38. The summed E-state index contributed by atoms with van der Waals surface area (Å²) in [7, 11) is -1.48. The summed E-state index contributed by atoms with van der Waals surface area (Å²) in [4.78, 5) is 18.8. The summed E-state index contributed by atoms with van der Waals surface area (Å²) >= 11 is 0. The molecule has 1 N–H and O–H groups in total. The second-order valence-corrected chi connectivity index (χ2v) is 7.87. The maximum atomic E-state index is 12.5. The van der Waals surface area contributed by atoms with Gasteiger partial charge in [0.1, 0.15) is 0 Å². The lowest BCUT2D eigenvalue weighted by molar-refractivity contribution is 0.0940. The van der Waals surface area contributed by atoms with Crippen LogP contribution >= 0.6 is 0 Å². The molecule has 0 unspecified atom stereocenters. The van der Waals surface area contributed by atoms with E-state index < -0.39 is 9.84 Å². The van der Waals surface area contributed by atoms with E-state index in [4.69, 9.17) is 0 Å². The molecule has 124 valence electrons. The van der Waals surface area contributed by atoms with E-state index in [1.807, 2.05) is 7.05 Å². The molecule has 0 aliphatic carbocycles. The summed E-state index contributed by atoms with van der Waals surface area (Å²) in [6.07, 6.45) is 4.86. The van der Waals surface area contributed by atoms with E-state index in [1.165, 1.54) is 4.40 Å². The van der Waals surface area contributed by atoms with Crippen LogP contribution in [0, 0.1) is 0 Å². The van der Waals surface area contributed by atoms with Crippen LogP contribution in [0.5, 0.6) is 0 Å². The third-order valence-corrected chi connectivity index (χ3v) is 5.18. The van der Waals surface area contributed by atoms with Gasteiger partial charge in [-0.15, -0.1) is 0 Å². The summed E-state index contributed by atoms with van der Waals surface area (Å²) in [5.41, 5.74) is 0.636. The van der Waals surface area contributed by atoms with Crippen LogP contribution in [0.1, 0.15) is 23.3 Å². The lowest BCUT2D eigenvalue weighted by Gasteiger charge is -2.19. The van der Waals surface area contributed by atoms with Crippen LogP contribution < -0.4 is 5.32 Å². The Hall–Kier alpha value is -1.93. The number of likely N-dealkylation sites (tertiary alicyclic amines) is 1. The van der Waals surface area contributed by atoms with Crippen LogP contribution in [0.25, 0.3) is 5.52 Å². The van der Waals surface area contributed by atoms with E-state index in [0.29, 0.717) is 18.1 Å². The predicted octanol–water partition coefficient (Wildman–Crippen LogP) is 0.562. The minimum atomic E-state index is -3.52. The summed E-state index contributed by atoms with van der Waals surface area (Å²) in [6, 6.07) is 5.48. The third-order valence-electron chi connectivity index (χ3n) is 4.23. The molecule has 7 nitrogen and oxygen atoms in total. The van der Waals surface area contributed by atoms with E-state index in [0.717, 1.165) is 25.6 Å². The van der Waals surface area contributed by atoms with Gasteiger partial charge in [0.2, 0.25) is 15.0 Å². The number of carbonyl (C=O) groups is 1. The van der Waals surface area contributed by atoms with Crippen molar-refractivity contribution in [2.24, 2.45) is 0 Å². The number of fused-ring (bicyclic) bond motifs is 1. The average molecular weight is 336 g/mol. The van der Waals surface area contributed by atoms with Crippen molar-refractivity contribution in [1.82, 2.24) is 19.6 Å². The van der Waals surface area contributed by atoms with Gasteiger partial charge in [-0.25, -0.2) is 13.4 Å². The van der Waals surface area contributed by atoms with Gasteiger partial charge in [0.25, 0.3) is 5.91 Å². The highest BCUT2D eigenvalue weighted by Gasteiger charge is 2.25. The number of carbonyl (C=O) groups excluding carboxylic acids is 1. The molecule has 1 aliphatic rings.